The number of aromatic nitrogens is 5. The first kappa shape index (κ1) is 19.4. The number of pyridine rings is 2. The molecule has 0 aliphatic heterocycles. The van der Waals surface area contributed by atoms with Crippen LogP contribution in [-0.4, -0.2) is 31.3 Å². The first-order valence-electron chi connectivity index (χ1n) is 8.84. The Hall–Kier alpha value is -3.92. The number of halogens is 1. The smallest absolute Gasteiger partial charge is 0.252 e. The lowest BCUT2D eigenvalue weighted by Gasteiger charge is -2.11. The molecule has 0 saturated heterocycles. The van der Waals surface area contributed by atoms with E-state index in [0.717, 1.165) is 0 Å². The lowest BCUT2D eigenvalue weighted by molar-refractivity contribution is 0.0950. The molecule has 0 atom stereocenters. The third-order valence-corrected chi connectivity index (χ3v) is 4.68. The maximum atomic E-state index is 12.5. The number of H-pyrrole nitrogens is 2. The first-order chi connectivity index (χ1) is 14.5. The molecular weight excluding hydrogens is 410 g/mol. The Kier molecular flexibility index (Phi) is 5.31. The van der Waals surface area contributed by atoms with Crippen LogP contribution in [0.1, 0.15) is 21.5 Å². The van der Waals surface area contributed by atoms with Crippen molar-refractivity contribution in [2.45, 2.75) is 13.2 Å². The fraction of sp³-hybridized carbons (Fsp3) is 0.105. The van der Waals surface area contributed by atoms with Gasteiger partial charge in [-0.15, -0.1) is 5.10 Å². The monoisotopic (exact) mass is 425 g/mol. The van der Waals surface area contributed by atoms with E-state index < -0.39 is 0 Å². The molecule has 4 rings (SSSR count). The number of aromatic amines is 2. The number of carbonyl (C=O) groups excluding carboxylic acids is 1. The summed E-state index contributed by atoms with van der Waals surface area (Å²) in [6.45, 7) is 0.174. The van der Waals surface area contributed by atoms with Gasteiger partial charge in [-0.05, 0) is 24.3 Å². The second kappa shape index (κ2) is 8.21. The van der Waals surface area contributed by atoms with Gasteiger partial charge in [-0.2, -0.15) is 0 Å². The molecule has 3 heterocycles. The fourth-order valence-electron chi connectivity index (χ4n) is 2.80. The van der Waals surface area contributed by atoms with Crippen molar-refractivity contribution in [1.29, 1.82) is 0 Å². The van der Waals surface area contributed by atoms with Gasteiger partial charge in [-0.1, -0.05) is 22.9 Å². The lowest BCUT2D eigenvalue weighted by atomic mass is 10.1. The molecule has 1 amide bonds. The third-order valence-electron chi connectivity index (χ3n) is 4.31. The molecule has 3 aromatic heterocycles. The summed E-state index contributed by atoms with van der Waals surface area (Å²) in [5.41, 5.74) is 7.78. The Morgan fingerprint density at radius 2 is 2.10 bits per heavy atom. The minimum Gasteiger partial charge on any atom is -0.486 e. The van der Waals surface area contributed by atoms with E-state index in [9.17, 15) is 9.59 Å². The second-order valence-electron chi connectivity index (χ2n) is 6.36. The summed E-state index contributed by atoms with van der Waals surface area (Å²) in [5, 5.41) is 13.4. The van der Waals surface area contributed by atoms with Gasteiger partial charge in [0.2, 0.25) is 0 Å². The van der Waals surface area contributed by atoms with E-state index in [1.165, 1.54) is 12.3 Å². The maximum Gasteiger partial charge on any atom is 0.252 e. The molecule has 4 aromatic rings. The van der Waals surface area contributed by atoms with Gasteiger partial charge in [0.05, 0.1) is 0 Å². The van der Waals surface area contributed by atoms with Crippen molar-refractivity contribution in [3.63, 3.8) is 0 Å². The number of benzene rings is 1. The number of nitrogens with one attached hydrogen (secondary N) is 3. The van der Waals surface area contributed by atoms with Crippen LogP contribution in [0.25, 0.3) is 11.2 Å². The predicted molar refractivity (Wildman–Crippen MR) is 110 cm³/mol. The number of nitrogens with two attached hydrogens (primary N) is 1. The molecule has 10 nitrogen and oxygen atoms in total. The van der Waals surface area contributed by atoms with Crippen molar-refractivity contribution >= 4 is 34.5 Å². The first-order valence-corrected chi connectivity index (χ1v) is 9.22. The molecule has 0 unspecified atom stereocenters. The van der Waals surface area contributed by atoms with Crippen molar-refractivity contribution in [1.82, 2.24) is 30.7 Å². The van der Waals surface area contributed by atoms with Gasteiger partial charge in [-0.3, -0.25) is 9.59 Å². The average molecular weight is 426 g/mol. The lowest BCUT2D eigenvalue weighted by Crippen LogP contribution is -2.26. The molecule has 0 saturated carbocycles. The Morgan fingerprint density at radius 3 is 2.93 bits per heavy atom. The van der Waals surface area contributed by atoms with Gasteiger partial charge in [0.15, 0.2) is 16.9 Å². The van der Waals surface area contributed by atoms with Crippen LogP contribution in [0.5, 0.6) is 5.75 Å². The van der Waals surface area contributed by atoms with Crippen LogP contribution in [0, 0.1) is 0 Å². The fourth-order valence-corrected chi connectivity index (χ4v) is 2.97. The van der Waals surface area contributed by atoms with Crippen LogP contribution in [0.4, 0.5) is 5.82 Å². The number of nitrogens with zero attached hydrogens (tertiary/aromatic N) is 3. The minimum absolute atomic E-state index is 0.0731. The van der Waals surface area contributed by atoms with Crippen LogP contribution in [0.15, 0.2) is 47.4 Å². The molecule has 0 fully saturated rings. The van der Waals surface area contributed by atoms with E-state index in [4.69, 9.17) is 22.1 Å². The number of amides is 1. The average Bonchev–Trinajstić information content (AvgIpc) is 3.20. The van der Waals surface area contributed by atoms with Gasteiger partial charge >= 0.3 is 0 Å². The van der Waals surface area contributed by atoms with E-state index in [-0.39, 0.29) is 30.4 Å². The van der Waals surface area contributed by atoms with Crippen LogP contribution in [0.2, 0.25) is 5.02 Å². The van der Waals surface area contributed by atoms with E-state index in [0.29, 0.717) is 38.6 Å². The molecule has 0 aliphatic rings. The van der Waals surface area contributed by atoms with E-state index in [1.54, 1.807) is 30.3 Å². The van der Waals surface area contributed by atoms with Gasteiger partial charge in [0.25, 0.3) is 11.5 Å². The summed E-state index contributed by atoms with van der Waals surface area (Å²) >= 11 is 6.26. The predicted octanol–water partition coefficient (Wildman–Crippen LogP) is 1.79. The second-order valence-corrected chi connectivity index (χ2v) is 6.76. The zero-order valence-electron chi connectivity index (χ0n) is 15.5. The molecule has 0 aliphatic carbocycles. The van der Waals surface area contributed by atoms with Crippen LogP contribution >= 0.6 is 11.6 Å². The van der Waals surface area contributed by atoms with Crippen molar-refractivity contribution in [2.75, 3.05) is 5.73 Å². The number of rotatable bonds is 6. The molecule has 152 valence electrons. The van der Waals surface area contributed by atoms with Gasteiger partial charge in [0.1, 0.15) is 12.4 Å². The van der Waals surface area contributed by atoms with Crippen molar-refractivity contribution in [3.8, 4) is 5.75 Å². The van der Waals surface area contributed by atoms with E-state index in [2.05, 4.69) is 30.7 Å². The number of ether oxygens (including phenoxy) is 1. The number of fused-ring (bicyclic) bond motifs is 1. The number of anilines is 1. The number of hydrogen-bond acceptors (Lipinski definition) is 7. The highest BCUT2D eigenvalue weighted by Crippen LogP contribution is 2.26. The highest BCUT2D eigenvalue weighted by Gasteiger charge is 2.13. The number of carbonyl (C=O) groups is 1. The van der Waals surface area contributed by atoms with Gasteiger partial charge in [0, 0.05) is 40.5 Å². The molecule has 0 bridgehead atoms. The van der Waals surface area contributed by atoms with E-state index >= 15 is 0 Å². The molecule has 1 aromatic carbocycles. The number of hydrogen-bond donors (Lipinski definition) is 4. The Bertz CT molecular complexity index is 1280. The third kappa shape index (κ3) is 4.08. The van der Waals surface area contributed by atoms with E-state index in [1.807, 2.05) is 0 Å². The Labute approximate surface area is 174 Å². The zero-order valence-corrected chi connectivity index (χ0v) is 16.2. The molecule has 0 radical (unpaired) electrons. The van der Waals surface area contributed by atoms with Crippen molar-refractivity contribution in [3.05, 3.63) is 74.7 Å². The Morgan fingerprint density at radius 1 is 1.23 bits per heavy atom. The zero-order chi connectivity index (χ0) is 21.1. The molecule has 11 heteroatoms. The summed E-state index contributed by atoms with van der Waals surface area (Å²) in [4.78, 5) is 30.8. The summed E-state index contributed by atoms with van der Waals surface area (Å²) < 4.78 is 5.80. The van der Waals surface area contributed by atoms with Gasteiger partial charge in [-0.25, -0.2) is 10.1 Å². The topological polar surface area (TPSA) is 152 Å². The molecule has 30 heavy (non-hydrogen) atoms. The minimum atomic E-state index is -0.344. The summed E-state index contributed by atoms with van der Waals surface area (Å²) in [7, 11) is 0. The summed E-state index contributed by atoms with van der Waals surface area (Å²) in [6, 6.07) is 9.70. The SMILES string of the molecule is Nc1cc(OCc2cc(C(=O)NCc3ccc[nH]c3=O)ccc2Cl)c2nn[nH]c2n1. The van der Waals surface area contributed by atoms with Crippen molar-refractivity contribution < 1.29 is 9.53 Å². The highest BCUT2D eigenvalue weighted by molar-refractivity contribution is 6.31. The highest BCUT2D eigenvalue weighted by atomic mass is 35.5. The number of nitrogen functional groups attached to an aromatic ring is 1. The molecular formula is C19H16ClN7O3. The van der Waals surface area contributed by atoms with Gasteiger partial charge < -0.3 is 20.8 Å². The van der Waals surface area contributed by atoms with Crippen LogP contribution < -0.4 is 21.3 Å². The normalized spacial score (nSPS) is 10.8. The quantitative estimate of drug-likeness (QED) is 0.367. The summed E-state index contributed by atoms with van der Waals surface area (Å²) in [5.74, 6) is 0.294. The van der Waals surface area contributed by atoms with Crippen molar-refractivity contribution in [2.24, 2.45) is 0 Å². The standard InChI is InChI=1S/C19H16ClN7O3/c20-13-4-3-10(18(28)23-8-11-2-1-5-22-19(11)29)6-12(13)9-30-14-7-15(21)24-17-16(14)25-27-26-17/h1-7H,8-9H2,(H,22,29)(H,23,28)(H3,21,24,25,26,27). The van der Waals surface area contributed by atoms with Crippen LogP contribution in [0.3, 0.4) is 0 Å². The molecule has 5 N–H and O–H groups in total. The largest absolute Gasteiger partial charge is 0.486 e. The molecule has 0 spiro atoms. The maximum absolute atomic E-state index is 12.5. The Balaban J connectivity index is 1.49. The summed E-state index contributed by atoms with van der Waals surface area (Å²) in [6.07, 6.45) is 1.53. The van der Waals surface area contributed by atoms with Crippen LogP contribution in [-0.2, 0) is 13.2 Å².